The Morgan fingerprint density at radius 1 is 1.56 bits per heavy atom. The zero-order chi connectivity index (χ0) is 11.4. The molecular formula is C9H12N5OY+2. The molecule has 0 aromatic carbocycles. The number of rotatable bonds is 3. The number of hydrogen-bond acceptors (Lipinski definition) is 5. The molecule has 0 saturated heterocycles. The third-order valence-electron chi connectivity index (χ3n) is 1.64. The number of nitrogen functional groups attached to an aromatic ring is 1. The predicted molar refractivity (Wildman–Crippen MR) is 55.7 cm³/mol. The van der Waals surface area contributed by atoms with Gasteiger partial charge in [0.2, 0.25) is 0 Å². The van der Waals surface area contributed by atoms with Crippen molar-refractivity contribution in [3.8, 4) is 0 Å². The Kier molecular flexibility index (Phi) is 6.14. The Balaban J connectivity index is 0.00000225. The van der Waals surface area contributed by atoms with Gasteiger partial charge in [-0.15, -0.1) is 6.20 Å². The van der Waals surface area contributed by atoms with E-state index < -0.39 is 5.91 Å². The Labute approximate surface area is 119 Å². The van der Waals surface area contributed by atoms with Crippen molar-refractivity contribution in [2.24, 2.45) is 0 Å². The average Bonchev–Trinajstić information content (AvgIpc) is 2.21. The van der Waals surface area contributed by atoms with Gasteiger partial charge in [-0.05, 0) is 18.4 Å². The second-order valence-electron chi connectivity index (χ2n) is 2.84. The number of aryl methyl sites for hydroxylation is 1. The van der Waals surface area contributed by atoms with E-state index in [-0.39, 0.29) is 44.2 Å². The quantitative estimate of drug-likeness (QED) is 0.659. The summed E-state index contributed by atoms with van der Waals surface area (Å²) in [6.07, 6.45) is 2.56. The Hall–Kier alpha value is -1.01. The first kappa shape index (κ1) is 15.0. The minimum atomic E-state index is -0.448. The molecule has 1 amide bonds. The molecule has 0 fully saturated rings. The SMILES string of the molecule is C=C(NC)NC(=O)c1nc(C)[c-]nc1N.[Y+3]. The van der Waals surface area contributed by atoms with Gasteiger partial charge < -0.3 is 21.4 Å². The number of anilines is 1. The molecule has 4 N–H and O–H groups in total. The van der Waals surface area contributed by atoms with Gasteiger partial charge in [-0.25, -0.2) is 0 Å². The second-order valence-corrected chi connectivity index (χ2v) is 2.84. The number of nitrogens with one attached hydrogen (secondary N) is 2. The molecule has 6 nitrogen and oxygen atoms in total. The van der Waals surface area contributed by atoms with Gasteiger partial charge in [0.05, 0.1) is 11.5 Å². The molecule has 0 radical (unpaired) electrons. The van der Waals surface area contributed by atoms with Crippen LogP contribution in [-0.4, -0.2) is 22.9 Å². The predicted octanol–water partition coefficient (Wildman–Crippen LogP) is -0.415. The first-order valence-electron chi connectivity index (χ1n) is 4.24. The number of nitrogens with two attached hydrogens (primary N) is 1. The van der Waals surface area contributed by atoms with Gasteiger partial charge in [0.25, 0.3) is 5.91 Å². The van der Waals surface area contributed by atoms with Crippen molar-refractivity contribution >= 4 is 11.7 Å². The van der Waals surface area contributed by atoms with Crippen molar-refractivity contribution in [2.75, 3.05) is 12.8 Å². The number of nitrogens with zero attached hydrogens (tertiary/aromatic N) is 2. The van der Waals surface area contributed by atoms with Crippen LogP contribution in [0.2, 0.25) is 0 Å². The second kappa shape index (κ2) is 6.55. The van der Waals surface area contributed by atoms with Gasteiger partial charge in [0.1, 0.15) is 0 Å². The molecular weight excluding hydrogens is 283 g/mol. The summed E-state index contributed by atoms with van der Waals surface area (Å²) in [6.45, 7) is 5.23. The number of carbonyl (C=O) groups excluding carboxylic acids is 1. The minimum Gasteiger partial charge on any atom is -0.458 e. The fourth-order valence-electron chi connectivity index (χ4n) is 0.870. The van der Waals surface area contributed by atoms with Gasteiger partial charge in [-0.3, -0.25) is 9.78 Å². The van der Waals surface area contributed by atoms with E-state index in [1.165, 1.54) is 0 Å². The molecule has 0 unspecified atom stereocenters. The molecule has 0 atom stereocenters. The molecule has 1 rings (SSSR count). The molecule has 0 saturated carbocycles. The van der Waals surface area contributed by atoms with E-state index in [0.29, 0.717) is 11.5 Å². The first-order chi connectivity index (χ1) is 7.04. The molecule has 80 valence electrons. The van der Waals surface area contributed by atoms with Crippen LogP contribution in [0.5, 0.6) is 0 Å². The summed E-state index contributed by atoms with van der Waals surface area (Å²) in [5.41, 5.74) is 6.07. The standard InChI is InChI=1S/C9H12N5O.Y/c1-5-4-12-8(10)7(13-5)9(15)14-6(2)11-3;/h11H,2H2,1,3H3,(H2,10,12)(H,14,15);/q-1;+3. The van der Waals surface area contributed by atoms with Crippen LogP contribution in [0.1, 0.15) is 16.2 Å². The number of carbonyl (C=O) groups is 1. The first-order valence-corrected chi connectivity index (χ1v) is 4.24. The summed E-state index contributed by atoms with van der Waals surface area (Å²) in [4.78, 5) is 19.2. The van der Waals surface area contributed by atoms with Gasteiger partial charge in [0, 0.05) is 7.05 Å². The summed E-state index contributed by atoms with van der Waals surface area (Å²) in [5, 5.41) is 5.15. The van der Waals surface area contributed by atoms with E-state index in [1.807, 2.05) is 0 Å². The van der Waals surface area contributed by atoms with E-state index in [1.54, 1.807) is 14.0 Å². The van der Waals surface area contributed by atoms with Crippen LogP contribution in [0.4, 0.5) is 5.82 Å². The van der Waals surface area contributed by atoms with Crippen LogP contribution in [-0.2, 0) is 32.7 Å². The zero-order valence-corrected chi connectivity index (χ0v) is 12.0. The van der Waals surface area contributed by atoms with E-state index in [0.717, 1.165) is 0 Å². The van der Waals surface area contributed by atoms with Crippen molar-refractivity contribution in [3.05, 3.63) is 30.0 Å². The summed E-state index contributed by atoms with van der Waals surface area (Å²) < 4.78 is 0. The van der Waals surface area contributed by atoms with E-state index >= 15 is 0 Å². The number of amides is 1. The third-order valence-corrected chi connectivity index (χ3v) is 1.64. The summed E-state index contributed by atoms with van der Waals surface area (Å²) >= 11 is 0. The largest absolute Gasteiger partial charge is 3.00 e. The maximum Gasteiger partial charge on any atom is 3.00 e. The minimum absolute atomic E-state index is 0. The van der Waals surface area contributed by atoms with Gasteiger partial charge in [-0.1, -0.05) is 6.58 Å². The van der Waals surface area contributed by atoms with Crippen LogP contribution >= 0.6 is 0 Å². The molecule has 1 aromatic rings. The molecule has 0 spiro atoms. The van der Waals surface area contributed by atoms with Crippen LogP contribution in [0.25, 0.3) is 0 Å². The summed E-state index contributed by atoms with van der Waals surface area (Å²) in [5.74, 6) is -0.0369. The van der Waals surface area contributed by atoms with Crippen LogP contribution in [0.15, 0.2) is 12.4 Å². The van der Waals surface area contributed by atoms with E-state index in [9.17, 15) is 4.79 Å². The molecule has 0 aliphatic carbocycles. The van der Waals surface area contributed by atoms with Crippen LogP contribution < -0.4 is 16.4 Å². The van der Waals surface area contributed by atoms with Crippen molar-refractivity contribution in [2.45, 2.75) is 6.92 Å². The molecule has 0 bridgehead atoms. The Morgan fingerprint density at radius 2 is 2.19 bits per heavy atom. The number of aromatic nitrogens is 2. The maximum atomic E-state index is 11.6. The van der Waals surface area contributed by atoms with Crippen LogP contribution in [0.3, 0.4) is 0 Å². The third kappa shape index (κ3) is 3.86. The fourth-order valence-corrected chi connectivity index (χ4v) is 0.870. The molecule has 1 heterocycles. The number of hydrogen-bond donors (Lipinski definition) is 3. The molecule has 16 heavy (non-hydrogen) atoms. The smallest absolute Gasteiger partial charge is 0.458 e. The van der Waals surface area contributed by atoms with E-state index in [2.05, 4.69) is 33.4 Å². The monoisotopic (exact) mass is 295 g/mol. The van der Waals surface area contributed by atoms with Gasteiger partial charge >= 0.3 is 32.7 Å². The van der Waals surface area contributed by atoms with Gasteiger partial charge in [0.15, 0.2) is 0 Å². The van der Waals surface area contributed by atoms with Gasteiger partial charge in [-0.2, -0.15) is 0 Å². The van der Waals surface area contributed by atoms with Crippen molar-refractivity contribution in [1.82, 2.24) is 20.6 Å². The summed E-state index contributed by atoms with van der Waals surface area (Å²) in [7, 11) is 1.64. The maximum absolute atomic E-state index is 11.6. The zero-order valence-electron chi connectivity index (χ0n) is 9.16. The molecule has 7 heteroatoms. The fraction of sp³-hybridized carbons (Fsp3) is 0.222. The Bertz CT molecular complexity index is 407. The average molecular weight is 295 g/mol. The van der Waals surface area contributed by atoms with Crippen molar-refractivity contribution in [1.29, 1.82) is 0 Å². The normalized spacial score (nSPS) is 8.88. The Morgan fingerprint density at radius 3 is 2.75 bits per heavy atom. The molecule has 0 aliphatic rings. The summed E-state index contributed by atoms with van der Waals surface area (Å²) in [6, 6.07) is 0. The molecule has 0 aliphatic heterocycles. The van der Waals surface area contributed by atoms with Crippen LogP contribution in [0, 0.1) is 13.1 Å². The van der Waals surface area contributed by atoms with E-state index in [4.69, 9.17) is 5.73 Å². The topological polar surface area (TPSA) is 92.9 Å². The van der Waals surface area contributed by atoms with Crippen molar-refractivity contribution < 1.29 is 37.5 Å². The van der Waals surface area contributed by atoms with Crippen molar-refractivity contribution in [3.63, 3.8) is 0 Å². The molecule has 1 aromatic heterocycles.